The molecule has 6 nitrogen and oxygen atoms in total. The molecule has 7 heteroatoms. The number of aromatic nitrogens is 1. The van der Waals surface area contributed by atoms with Crippen molar-refractivity contribution in [3.05, 3.63) is 71.6 Å². The molecule has 1 aromatic heterocycles. The van der Waals surface area contributed by atoms with Crippen molar-refractivity contribution in [3.8, 4) is 17.2 Å². The quantitative estimate of drug-likeness (QED) is 0.286. The van der Waals surface area contributed by atoms with Gasteiger partial charge in [0.15, 0.2) is 5.96 Å². The fourth-order valence-corrected chi connectivity index (χ4v) is 2.81. The van der Waals surface area contributed by atoms with E-state index >= 15 is 0 Å². The highest BCUT2D eigenvalue weighted by Gasteiger charge is 2.07. The summed E-state index contributed by atoms with van der Waals surface area (Å²) in [6.07, 6.45) is 2.45. The van der Waals surface area contributed by atoms with E-state index in [9.17, 15) is 0 Å². The number of aliphatic imine (C=N–C) groups is 1. The molecule has 3 rings (SSSR count). The number of aryl methyl sites for hydroxylation is 1. The molecular weight excluding hydrogens is 479 g/mol. The predicted octanol–water partition coefficient (Wildman–Crippen LogP) is 4.18. The van der Waals surface area contributed by atoms with Gasteiger partial charge in [0.1, 0.15) is 12.0 Å². The van der Waals surface area contributed by atoms with Crippen LogP contribution < -0.4 is 15.4 Å². The third kappa shape index (κ3) is 6.49. The molecule has 29 heavy (non-hydrogen) atoms. The molecule has 0 amide bonds. The summed E-state index contributed by atoms with van der Waals surface area (Å²) < 4.78 is 11.0. The SMILES string of the molecule is CN=C(NCCc1coc(-c2ccc(C)cc2)n1)NCc1ccccc1OC.I. The molecule has 0 saturated heterocycles. The van der Waals surface area contributed by atoms with Crippen molar-refractivity contribution in [1.82, 2.24) is 15.6 Å². The highest BCUT2D eigenvalue weighted by atomic mass is 127. The van der Waals surface area contributed by atoms with Crippen LogP contribution in [0.25, 0.3) is 11.5 Å². The van der Waals surface area contributed by atoms with Gasteiger partial charge in [-0.3, -0.25) is 4.99 Å². The van der Waals surface area contributed by atoms with E-state index in [1.54, 1.807) is 20.4 Å². The number of rotatable bonds is 7. The average molecular weight is 506 g/mol. The molecule has 0 aliphatic rings. The zero-order chi connectivity index (χ0) is 19.8. The Labute approximate surface area is 188 Å². The van der Waals surface area contributed by atoms with E-state index in [1.165, 1.54) is 5.56 Å². The van der Waals surface area contributed by atoms with E-state index in [4.69, 9.17) is 9.15 Å². The number of halogens is 1. The summed E-state index contributed by atoms with van der Waals surface area (Å²) in [7, 11) is 3.43. The molecule has 0 bridgehead atoms. The maximum absolute atomic E-state index is 5.61. The van der Waals surface area contributed by atoms with Gasteiger partial charge in [0, 0.05) is 37.7 Å². The highest BCUT2D eigenvalue weighted by Crippen LogP contribution is 2.19. The van der Waals surface area contributed by atoms with Gasteiger partial charge in [0.2, 0.25) is 5.89 Å². The lowest BCUT2D eigenvalue weighted by Gasteiger charge is -2.13. The van der Waals surface area contributed by atoms with Crippen LogP contribution in [0.5, 0.6) is 5.75 Å². The van der Waals surface area contributed by atoms with Crippen molar-refractivity contribution in [2.24, 2.45) is 4.99 Å². The standard InChI is InChI=1S/C22H26N4O2.HI/c1-16-8-10-17(11-9-16)21-26-19(15-28-21)12-13-24-22(23-2)25-14-18-6-4-5-7-20(18)27-3;/h4-11,15H,12-14H2,1-3H3,(H2,23,24,25);1H. The number of oxazole rings is 1. The van der Waals surface area contributed by atoms with Gasteiger partial charge in [0.25, 0.3) is 0 Å². The summed E-state index contributed by atoms with van der Waals surface area (Å²) in [5, 5.41) is 6.60. The molecule has 154 valence electrons. The predicted molar refractivity (Wildman–Crippen MR) is 127 cm³/mol. The normalized spacial score (nSPS) is 10.9. The lowest BCUT2D eigenvalue weighted by Crippen LogP contribution is -2.37. The Morgan fingerprint density at radius 1 is 1.10 bits per heavy atom. The van der Waals surface area contributed by atoms with E-state index < -0.39 is 0 Å². The van der Waals surface area contributed by atoms with Gasteiger partial charge in [0.05, 0.1) is 12.8 Å². The van der Waals surface area contributed by atoms with Crippen LogP contribution in [0.1, 0.15) is 16.8 Å². The third-order valence-corrected chi connectivity index (χ3v) is 4.39. The minimum absolute atomic E-state index is 0. The van der Waals surface area contributed by atoms with E-state index in [0.29, 0.717) is 19.0 Å². The molecule has 0 spiro atoms. The second kappa shape index (κ2) is 11.5. The van der Waals surface area contributed by atoms with Crippen molar-refractivity contribution in [2.45, 2.75) is 19.9 Å². The maximum atomic E-state index is 5.61. The van der Waals surface area contributed by atoms with E-state index in [1.807, 2.05) is 36.4 Å². The molecule has 3 aromatic rings. The second-order valence-electron chi connectivity index (χ2n) is 6.42. The molecule has 0 radical (unpaired) electrons. The van der Waals surface area contributed by atoms with Crippen molar-refractivity contribution in [1.29, 1.82) is 0 Å². The minimum Gasteiger partial charge on any atom is -0.496 e. The Balaban J connectivity index is 0.00000300. The zero-order valence-electron chi connectivity index (χ0n) is 16.9. The number of guanidine groups is 1. The molecule has 0 aliphatic heterocycles. The average Bonchev–Trinajstić information content (AvgIpc) is 3.20. The van der Waals surface area contributed by atoms with Crippen LogP contribution in [0, 0.1) is 6.92 Å². The minimum atomic E-state index is 0. The number of nitrogens with zero attached hydrogens (tertiary/aromatic N) is 2. The Hall–Kier alpha value is -2.55. The fourth-order valence-electron chi connectivity index (χ4n) is 2.81. The molecular formula is C22H27IN4O2. The smallest absolute Gasteiger partial charge is 0.226 e. The first-order chi connectivity index (χ1) is 13.7. The largest absolute Gasteiger partial charge is 0.496 e. The molecule has 1 heterocycles. The summed E-state index contributed by atoms with van der Waals surface area (Å²) in [6, 6.07) is 16.1. The Morgan fingerprint density at radius 2 is 1.86 bits per heavy atom. The van der Waals surface area contributed by atoms with Crippen LogP contribution in [0.15, 0.2) is 64.2 Å². The second-order valence-corrected chi connectivity index (χ2v) is 6.42. The number of methoxy groups -OCH3 is 1. The first kappa shape index (κ1) is 22.7. The number of para-hydroxylation sites is 1. The van der Waals surface area contributed by atoms with Gasteiger partial charge in [-0.2, -0.15) is 0 Å². The Morgan fingerprint density at radius 3 is 2.59 bits per heavy atom. The molecule has 0 saturated carbocycles. The molecule has 2 aromatic carbocycles. The highest BCUT2D eigenvalue weighted by molar-refractivity contribution is 14.0. The van der Waals surface area contributed by atoms with Crippen molar-refractivity contribution < 1.29 is 9.15 Å². The van der Waals surface area contributed by atoms with Crippen molar-refractivity contribution in [3.63, 3.8) is 0 Å². The Kier molecular flexibility index (Phi) is 8.98. The first-order valence-corrected chi connectivity index (χ1v) is 9.27. The number of hydrogen-bond donors (Lipinski definition) is 2. The van der Waals surface area contributed by atoms with Crippen LogP contribution >= 0.6 is 24.0 Å². The van der Waals surface area contributed by atoms with Crippen molar-refractivity contribution >= 4 is 29.9 Å². The zero-order valence-corrected chi connectivity index (χ0v) is 19.3. The topological polar surface area (TPSA) is 71.7 Å². The summed E-state index contributed by atoms with van der Waals surface area (Å²) in [4.78, 5) is 8.83. The van der Waals surface area contributed by atoms with Crippen LogP contribution in [0.2, 0.25) is 0 Å². The van der Waals surface area contributed by atoms with E-state index in [2.05, 4.69) is 39.7 Å². The van der Waals surface area contributed by atoms with Gasteiger partial charge < -0.3 is 19.8 Å². The number of benzene rings is 2. The van der Waals surface area contributed by atoms with E-state index in [-0.39, 0.29) is 24.0 Å². The third-order valence-electron chi connectivity index (χ3n) is 4.39. The first-order valence-electron chi connectivity index (χ1n) is 9.27. The Bertz CT molecular complexity index is 923. The fraction of sp³-hybridized carbons (Fsp3) is 0.273. The molecule has 0 aliphatic carbocycles. The van der Waals surface area contributed by atoms with Crippen LogP contribution in [0.4, 0.5) is 0 Å². The van der Waals surface area contributed by atoms with Gasteiger partial charge in [-0.05, 0) is 25.1 Å². The molecule has 0 fully saturated rings. The summed E-state index contributed by atoms with van der Waals surface area (Å²) >= 11 is 0. The van der Waals surface area contributed by atoms with Crippen LogP contribution in [0.3, 0.4) is 0 Å². The lowest BCUT2D eigenvalue weighted by atomic mass is 10.1. The van der Waals surface area contributed by atoms with Crippen molar-refractivity contribution in [2.75, 3.05) is 20.7 Å². The number of ether oxygens (including phenoxy) is 1. The van der Waals surface area contributed by atoms with Gasteiger partial charge in [-0.1, -0.05) is 35.9 Å². The molecule has 0 unspecified atom stereocenters. The monoisotopic (exact) mass is 506 g/mol. The molecule has 2 N–H and O–H groups in total. The summed E-state index contributed by atoms with van der Waals surface area (Å²) in [5.74, 6) is 2.23. The van der Waals surface area contributed by atoms with Gasteiger partial charge >= 0.3 is 0 Å². The van der Waals surface area contributed by atoms with E-state index in [0.717, 1.165) is 35.0 Å². The van der Waals surface area contributed by atoms with Crippen LogP contribution in [-0.2, 0) is 13.0 Å². The maximum Gasteiger partial charge on any atom is 0.226 e. The molecule has 0 atom stereocenters. The summed E-state index contributed by atoms with van der Waals surface area (Å²) in [5.41, 5.74) is 4.18. The lowest BCUT2D eigenvalue weighted by molar-refractivity contribution is 0.409. The van der Waals surface area contributed by atoms with Crippen LogP contribution in [-0.4, -0.2) is 31.6 Å². The van der Waals surface area contributed by atoms with Gasteiger partial charge in [-0.25, -0.2) is 4.98 Å². The number of hydrogen-bond acceptors (Lipinski definition) is 4. The summed E-state index contributed by atoms with van der Waals surface area (Å²) in [6.45, 7) is 3.39. The van der Waals surface area contributed by atoms with Gasteiger partial charge in [-0.15, -0.1) is 24.0 Å². The number of nitrogens with one attached hydrogen (secondary N) is 2.